The zero-order valence-corrected chi connectivity index (χ0v) is 11.9. The molecule has 2 rings (SSSR count). The molecule has 0 bridgehead atoms. The van der Waals surface area contributed by atoms with Crippen molar-refractivity contribution in [2.75, 3.05) is 5.32 Å². The van der Waals surface area contributed by atoms with Gasteiger partial charge in [-0.25, -0.2) is 4.79 Å². The standard InChI is InChI=1S/C15H13NO4S/c17-13(10-4-2-1-3-5-10)6-7-14(18)16-12-9-21-8-11(12)15(19)20/h1-5,8-9H,6-7H2,(H,16,18)(H,19,20). The van der Waals surface area contributed by atoms with Crippen LogP contribution in [0, 0.1) is 0 Å². The van der Waals surface area contributed by atoms with Crippen LogP contribution in [0.1, 0.15) is 33.6 Å². The number of amides is 1. The van der Waals surface area contributed by atoms with Gasteiger partial charge < -0.3 is 10.4 Å². The third-order valence-electron chi connectivity index (χ3n) is 2.84. The van der Waals surface area contributed by atoms with Gasteiger partial charge in [0.1, 0.15) is 0 Å². The first-order valence-corrected chi connectivity index (χ1v) is 7.20. The van der Waals surface area contributed by atoms with E-state index >= 15 is 0 Å². The van der Waals surface area contributed by atoms with Crippen molar-refractivity contribution in [1.29, 1.82) is 0 Å². The van der Waals surface area contributed by atoms with Crippen LogP contribution in [0.25, 0.3) is 0 Å². The number of thiophene rings is 1. The highest BCUT2D eigenvalue weighted by molar-refractivity contribution is 7.08. The number of nitrogens with one attached hydrogen (secondary N) is 1. The van der Waals surface area contributed by atoms with E-state index in [-0.39, 0.29) is 35.8 Å². The molecule has 0 aliphatic heterocycles. The highest BCUT2D eigenvalue weighted by atomic mass is 32.1. The number of rotatable bonds is 6. The summed E-state index contributed by atoms with van der Waals surface area (Å²) in [5.74, 6) is -1.58. The molecule has 1 heterocycles. The third kappa shape index (κ3) is 4.00. The van der Waals surface area contributed by atoms with E-state index in [2.05, 4.69) is 5.32 Å². The highest BCUT2D eigenvalue weighted by Gasteiger charge is 2.14. The highest BCUT2D eigenvalue weighted by Crippen LogP contribution is 2.21. The lowest BCUT2D eigenvalue weighted by Crippen LogP contribution is -2.14. The van der Waals surface area contributed by atoms with Crippen LogP contribution in [-0.4, -0.2) is 22.8 Å². The number of carbonyl (C=O) groups excluding carboxylic acids is 2. The zero-order chi connectivity index (χ0) is 15.2. The summed E-state index contributed by atoms with van der Waals surface area (Å²) in [6, 6.07) is 8.73. The van der Waals surface area contributed by atoms with E-state index in [1.165, 1.54) is 16.7 Å². The minimum Gasteiger partial charge on any atom is -0.478 e. The number of carboxylic acids is 1. The lowest BCUT2D eigenvalue weighted by molar-refractivity contribution is -0.116. The lowest BCUT2D eigenvalue weighted by Gasteiger charge is -2.04. The summed E-state index contributed by atoms with van der Waals surface area (Å²) in [6.07, 6.45) is 0.102. The monoisotopic (exact) mass is 303 g/mol. The summed E-state index contributed by atoms with van der Waals surface area (Å²) in [4.78, 5) is 34.5. The Balaban J connectivity index is 1.89. The predicted octanol–water partition coefficient (Wildman–Crippen LogP) is 3.05. The Bertz CT molecular complexity index is 663. The molecular formula is C15H13NO4S. The van der Waals surface area contributed by atoms with Gasteiger partial charge >= 0.3 is 5.97 Å². The van der Waals surface area contributed by atoms with Crippen molar-refractivity contribution in [3.05, 3.63) is 52.2 Å². The second-order valence-electron chi connectivity index (χ2n) is 4.34. The van der Waals surface area contributed by atoms with Gasteiger partial charge in [0, 0.05) is 29.2 Å². The molecule has 0 aliphatic rings. The fourth-order valence-corrected chi connectivity index (χ4v) is 2.52. The molecule has 0 spiro atoms. The number of hydrogen-bond donors (Lipinski definition) is 2. The molecule has 21 heavy (non-hydrogen) atoms. The molecule has 6 heteroatoms. The third-order valence-corrected chi connectivity index (χ3v) is 3.58. The van der Waals surface area contributed by atoms with Crippen LogP contribution in [0.15, 0.2) is 41.1 Å². The number of carboxylic acid groups (broad SMARTS) is 1. The first kappa shape index (κ1) is 14.9. The van der Waals surface area contributed by atoms with E-state index in [0.29, 0.717) is 5.56 Å². The molecule has 2 N–H and O–H groups in total. The molecule has 5 nitrogen and oxygen atoms in total. The van der Waals surface area contributed by atoms with E-state index < -0.39 is 5.97 Å². The average Bonchev–Trinajstić information content (AvgIpc) is 2.94. The van der Waals surface area contributed by atoms with Gasteiger partial charge in [-0.3, -0.25) is 9.59 Å². The molecule has 0 saturated carbocycles. The molecule has 2 aromatic rings. The lowest BCUT2D eigenvalue weighted by atomic mass is 10.1. The second-order valence-corrected chi connectivity index (χ2v) is 5.09. The van der Waals surface area contributed by atoms with Gasteiger partial charge in [0.15, 0.2) is 5.78 Å². The molecule has 1 aromatic carbocycles. The van der Waals surface area contributed by atoms with Crippen LogP contribution < -0.4 is 5.32 Å². The summed E-state index contributed by atoms with van der Waals surface area (Å²) in [5.41, 5.74) is 0.888. The fraction of sp³-hybridized carbons (Fsp3) is 0.133. The summed E-state index contributed by atoms with van der Waals surface area (Å²) in [7, 11) is 0. The molecular weight excluding hydrogens is 290 g/mol. The Labute approximate surface area is 125 Å². The Morgan fingerprint density at radius 1 is 1.05 bits per heavy atom. The number of Topliss-reactive ketones (excluding diaryl/α,β-unsaturated/α-hetero) is 1. The summed E-state index contributed by atoms with van der Waals surface area (Å²) < 4.78 is 0. The van der Waals surface area contributed by atoms with Crippen molar-refractivity contribution in [2.45, 2.75) is 12.8 Å². The molecule has 0 fully saturated rings. The van der Waals surface area contributed by atoms with Gasteiger partial charge in [-0.2, -0.15) is 0 Å². The van der Waals surface area contributed by atoms with Crippen LogP contribution in [0.2, 0.25) is 0 Å². The summed E-state index contributed by atoms with van der Waals surface area (Å²) in [5, 5.41) is 14.5. The number of anilines is 1. The second kappa shape index (κ2) is 6.81. The molecule has 0 radical (unpaired) electrons. The van der Waals surface area contributed by atoms with Gasteiger partial charge in [-0.05, 0) is 0 Å². The maximum Gasteiger partial charge on any atom is 0.338 e. The van der Waals surface area contributed by atoms with E-state index in [4.69, 9.17) is 5.11 Å². The first-order valence-electron chi connectivity index (χ1n) is 6.25. The van der Waals surface area contributed by atoms with Crippen molar-refractivity contribution < 1.29 is 19.5 Å². The van der Waals surface area contributed by atoms with Crippen LogP contribution >= 0.6 is 11.3 Å². The topological polar surface area (TPSA) is 83.5 Å². The largest absolute Gasteiger partial charge is 0.478 e. The zero-order valence-electron chi connectivity index (χ0n) is 11.0. The van der Waals surface area contributed by atoms with Crippen LogP contribution in [0.3, 0.4) is 0 Å². The SMILES string of the molecule is O=C(CCC(=O)c1ccccc1)Nc1cscc1C(=O)O. The average molecular weight is 303 g/mol. The smallest absolute Gasteiger partial charge is 0.338 e. The van der Waals surface area contributed by atoms with Gasteiger partial charge in [0.05, 0.1) is 11.3 Å². The molecule has 0 saturated heterocycles. The van der Waals surface area contributed by atoms with Gasteiger partial charge in [0.2, 0.25) is 5.91 Å². The molecule has 0 unspecified atom stereocenters. The Hall–Kier alpha value is -2.47. The van der Waals surface area contributed by atoms with E-state index in [1.54, 1.807) is 29.6 Å². The number of ketones is 1. The summed E-state index contributed by atoms with van der Waals surface area (Å²) in [6.45, 7) is 0. The first-order chi connectivity index (χ1) is 10.1. The molecule has 1 amide bonds. The normalized spacial score (nSPS) is 10.1. The molecule has 108 valence electrons. The Kier molecular flexibility index (Phi) is 4.84. The van der Waals surface area contributed by atoms with Crippen molar-refractivity contribution in [2.24, 2.45) is 0 Å². The van der Waals surface area contributed by atoms with Crippen molar-refractivity contribution in [1.82, 2.24) is 0 Å². The van der Waals surface area contributed by atoms with Crippen LogP contribution in [0.5, 0.6) is 0 Å². The van der Waals surface area contributed by atoms with E-state index in [9.17, 15) is 14.4 Å². The molecule has 1 aromatic heterocycles. The van der Waals surface area contributed by atoms with E-state index in [1.807, 2.05) is 6.07 Å². The van der Waals surface area contributed by atoms with Crippen molar-refractivity contribution >= 4 is 34.7 Å². The maximum absolute atomic E-state index is 11.9. The molecule has 0 atom stereocenters. The van der Waals surface area contributed by atoms with Crippen molar-refractivity contribution in [3.8, 4) is 0 Å². The van der Waals surface area contributed by atoms with Crippen molar-refractivity contribution in [3.63, 3.8) is 0 Å². The number of hydrogen-bond acceptors (Lipinski definition) is 4. The van der Waals surface area contributed by atoms with Crippen LogP contribution in [-0.2, 0) is 4.79 Å². The Morgan fingerprint density at radius 2 is 1.76 bits per heavy atom. The minimum atomic E-state index is -1.09. The van der Waals surface area contributed by atoms with E-state index in [0.717, 1.165) is 0 Å². The Morgan fingerprint density at radius 3 is 2.43 bits per heavy atom. The fourth-order valence-electron chi connectivity index (χ4n) is 1.77. The van der Waals surface area contributed by atoms with Gasteiger partial charge in [-0.15, -0.1) is 11.3 Å². The molecule has 0 aliphatic carbocycles. The summed E-state index contributed by atoms with van der Waals surface area (Å²) >= 11 is 1.20. The number of benzene rings is 1. The number of carbonyl (C=O) groups is 3. The quantitative estimate of drug-likeness (QED) is 0.803. The maximum atomic E-state index is 11.9. The van der Waals surface area contributed by atoms with Crippen LogP contribution in [0.4, 0.5) is 5.69 Å². The van der Waals surface area contributed by atoms with Gasteiger partial charge in [-0.1, -0.05) is 30.3 Å². The minimum absolute atomic E-state index is 0.0165. The predicted molar refractivity (Wildman–Crippen MR) is 79.9 cm³/mol. The van der Waals surface area contributed by atoms with Gasteiger partial charge in [0.25, 0.3) is 0 Å². The number of aromatic carboxylic acids is 1.